The number of nitrogens with one attached hydrogen (secondary N) is 1. The number of aryl methyl sites for hydroxylation is 1. The highest BCUT2D eigenvalue weighted by Crippen LogP contribution is 2.31. The molecule has 1 heterocycles. The minimum absolute atomic E-state index is 0.518. The molecule has 1 aromatic heterocycles. The lowest BCUT2D eigenvalue weighted by molar-refractivity contribution is 0.857. The third kappa shape index (κ3) is 3.41. The first kappa shape index (κ1) is 17.2. The van der Waals surface area contributed by atoms with Crippen LogP contribution in [0.1, 0.15) is 30.9 Å². The molecule has 0 aliphatic heterocycles. The Morgan fingerprint density at radius 1 is 0.778 bits per heavy atom. The summed E-state index contributed by atoms with van der Waals surface area (Å²) in [6.07, 6.45) is 0. The van der Waals surface area contributed by atoms with E-state index in [2.05, 4.69) is 78.7 Å². The van der Waals surface area contributed by atoms with E-state index in [-0.39, 0.29) is 0 Å². The van der Waals surface area contributed by atoms with Crippen LogP contribution in [0, 0.1) is 6.92 Å². The lowest BCUT2D eigenvalue weighted by atomic mass is 9.97. The van der Waals surface area contributed by atoms with Crippen LogP contribution in [-0.4, -0.2) is 10.2 Å². The predicted molar refractivity (Wildman–Crippen MR) is 114 cm³/mol. The van der Waals surface area contributed by atoms with Gasteiger partial charge in [-0.05, 0) is 36.1 Å². The number of fused-ring (bicyclic) bond motifs is 1. The molecular formula is C24H23N3. The number of anilines is 2. The van der Waals surface area contributed by atoms with Gasteiger partial charge in [0.15, 0.2) is 5.82 Å². The molecule has 134 valence electrons. The summed E-state index contributed by atoms with van der Waals surface area (Å²) in [5.74, 6) is 1.30. The van der Waals surface area contributed by atoms with Crippen molar-refractivity contribution in [2.75, 3.05) is 5.32 Å². The first-order valence-electron chi connectivity index (χ1n) is 9.32. The summed E-state index contributed by atoms with van der Waals surface area (Å²) < 4.78 is 0. The first-order chi connectivity index (χ1) is 13.1. The van der Waals surface area contributed by atoms with E-state index in [1.165, 1.54) is 11.1 Å². The fraction of sp³-hybridized carbons (Fsp3) is 0.167. The largest absolute Gasteiger partial charge is 0.338 e. The molecule has 0 saturated carbocycles. The summed E-state index contributed by atoms with van der Waals surface area (Å²) in [7, 11) is 0. The van der Waals surface area contributed by atoms with Crippen molar-refractivity contribution in [3.63, 3.8) is 0 Å². The van der Waals surface area contributed by atoms with Gasteiger partial charge in [0.1, 0.15) is 5.69 Å². The summed E-state index contributed by atoms with van der Waals surface area (Å²) in [4.78, 5) is 0. The standard InChI is InChI=1S/C24H23N3/c1-16(2)20-14-13-19(15-17(20)3)25-24-22-12-8-7-11-21(22)23(26-27-24)18-9-5-4-6-10-18/h4-16H,1-3H3,(H,25,27). The van der Waals surface area contributed by atoms with Crippen molar-refractivity contribution in [2.24, 2.45) is 0 Å². The highest BCUT2D eigenvalue weighted by Gasteiger charge is 2.11. The lowest BCUT2D eigenvalue weighted by Gasteiger charge is -2.14. The molecule has 3 heteroatoms. The van der Waals surface area contributed by atoms with Crippen LogP contribution in [-0.2, 0) is 0 Å². The first-order valence-corrected chi connectivity index (χ1v) is 9.32. The van der Waals surface area contributed by atoms with Crippen molar-refractivity contribution in [1.29, 1.82) is 0 Å². The Morgan fingerprint density at radius 3 is 2.19 bits per heavy atom. The van der Waals surface area contributed by atoms with E-state index in [4.69, 9.17) is 0 Å². The molecule has 0 spiro atoms. The van der Waals surface area contributed by atoms with Crippen molar-refractivity contribution in [2.45, 2.75) is 26.7 Å². The zero-order chi connectivity index (χ0) is 18.8. The maximum absolute atomic E-state index is 4.53. The summed E-state index contributed by atoms with van der Waals surface area (Å²) in [6, 6.07) is 25.0. The van der Waals surface area contributed by atoms with Gasteiger partial charge >= 0.3 is 0 Å². The molecular weight excluding hydrogens is 330 g/mol. The zero-order valence-corrected chi connectivity index (χ0v) is 15.9. The van der Waals surface area contributed by atoms with Crippen LogP contribution >= 0.6 is 0 Å². The molecule has 0 unspecified atom stereocenters. The van der Waals surface area contributed by atoms with E-state index in [0.29, 0.717) is 5.92 Å². The van der Waals surface area contributed by atoms with Crippen molar-refractivity contribution in [1.82, 2.24) is 10.2 Å². The van der Waals surface area contributed by atoms with Gasteiger partial charge in [-0.25, -0.2) is 0 Å². The third-order valence-electron chi connectivity index (χ3n) is 4.89. The molecule has 4 rings (SSSR count). The maximum Gasteiger partial charge on any atom is 0.161 e. The zero-order valence-electron chi connectivity index (χ0n) is 15.9. The number of rotatable bonds is 4. The predicted octanol–water partition coefficient (Wildman–Crippen LogP) is 6.47. The third-order valence-corrected chi connectivity index (χ3v) is 4.89. The van der Waals surface area contributed by atoms with Gasteiger partial charge in [0, 0.05) is 22.0 Å². The van der Waals surface area contributed by atoms with Gasteiger partial charge in [0.2, 0.25) is 0 Å². The fourth-order valence-corrected chi connectivity index (χ4v) is 3.54. The fourth-order valence-electron chi connectivity index (χ4n) is 3.54. The minimum Gasteiger partial charge on any atom is -0.338 e. The Balaban J connectivity index is 1.77. The van der Waals surface area contributed by atoms with Crippen molar-refractivity contribution >= 4 is 22.3 Å². The Bertz CT molecular complexity index is 1090. The second-order valence-electron chi connectivity index (χ2n) is 7.16. The summed E-state index contributed by atoms with van der Waals surface area (Å²) in [5.41, 5.74) is 5.67. The quantitative estimate of drug-likeness (QED) is 0.457. The average Bonchev–Trinajstić information content (AvgIpc) is 2.69. The molecule has 0 atom stereocenters. The Labute approximate surface area is 160 Å². The smallest absolute Gasteiger partial charge is 0.161 e. The Kier molecular flexibility index (Phi) is 4.59. The molecule has 0 aliphatic rings. The van der Waals surface area contributed by atoms with E-state index in [1.807, 2.05) is 30.3 Å². The van der Waals surface area contributed by atoms with Crippen LogP contribution < -0.4 is 5.32 Å². The van der Waals surface area contributed by atoms with Crippen LogP contribution in [0.25, 0.3) is 22.0 Å². The van der Waals surface area contributed by atoms with Gasteiger partial charge in [-0.1, -0.05) is 74.5 Å². The molecule has 4 aromatic rings. The monoisotopic (exact) mass is 353 g/mol. The van der Waals surface area contributed by atoms with E-state index < -0.39 is 0 Å². The second kappa shape index (κ2) is 7.20. The van der Waals surface area contributed by atoms with Gasteiger partial charge in [0.25, 0.3) is 0 Å². The Morgan fingerprint density at radius 2 is 1.48 bits per heavy atom. The molecule has 0 radical (unpaired) electrons. The van der Waals surface area contributed by atoms with Crippen LogP contribution in [0.5, 0.6) is 0 Å². The molecule has 3 aromatic carbocycles. The van der Waals surface area contributed by atoms with Crippen LogP contribution in [0.3, 0.4) is 0 Å². The van der Waals surface area contributed by atoms with Crippen molar-refractivity contribution < 1.29 is 0 Å². The molecule has 0 fully saturated rings. The summed E-state index contributed by atoms with van der Waals surface area (Å²) in [6.45, 7) is 6.59. The molecule has 27 heavy (non-hydrogen) atoms. The molecule has 0 bridgehead atoms. The average molecular weight is 353 g/mol. The van der Waals surface area contributed by atoms with E-state index in [9.17, 15) is 0 Å². The molecule has 0 saturated heterocycles. The maximum atomic E-state index is 4.53. The minimum atomic E-state index is 0.518. The second-order valence-corrected chi connectivity index (χ2v) is 7.16. The molecule has 0 aliphatic carbocycles. The number of hydrogen-bond acceptors (Lipinski definition) is 3. The molecule has 3 nitrogen and oxygen atoms in total. The highest BCUT2D eigenvalue weighted by atomic mass is 15.2. The van der Waals surface area contributed by atoms with Crippen LogP contribution in [0.15, 0.2) is 72.8 Å². The SMILES string of the molecule is Cc1cc(Nc2nnc(-c3ccccc3)c3ccccc23)ccc1C(C)C. The number of hydrogen-bond donors (Lipinski definition) is 1. The highest BCUT2D eigenvalue weighted by molar-refractivity contribution is 6.00. The molecule has 0 amide bonds. The van der Waals surface area contributed by atoms with Gasteiger partial charge in [-0.2, -0.15) is 0 Å². The molecule has 1 N–H and O–H groups in total. The van der Waals surface area contributed by atoms with E-state index in [1.54, 1.807) is 0 Å². The topological polar surface area (TPSA) is 37.8 Å². The van der Waals surface area contributed by atoms with Gasteiger partial charge in [-0.15, -0.1) is 10.2 Å². The lowest BCUT2D eigenvalue weighted by Crippen LogP contribution is -2.00. The van der Waals surface area contributed by atoms with E-state index in [0.717, 1.165) is 33.5 Å². The number of aromatic nitrogens is 2. The van der Waals surface area contributed by atoms with E-state index >= 15 is 0 Å². The van der Waals surface area contributed by atoms with Crippen LogP contribution in [0.4, 0.5) is 11.5 Å². The normalized spacial score (nSPS) is 11.1. The van der Waals surface area contributed by atoms with Crippen LogP contribution in [0.2, 0.25) is 0 Å². The number of nitrogens with zero attached hydrogens (tertiary/aromatic N) is 2. The summed E-state index contributed by atoms with van der Waals surface area (Å²) >= 11 is 0. The van der Waals surface area contributed by atoms with Gasteiger partial charge < -0.3 is 5.32 Å². The number of benzene rings is 3. The Hall–Kier alpha value is -3.20. The summed E-state index contributed by atoms with van der Waals surface area (Å²) in [5, 5.41) is 14.7. The van der Waals surface area contributed by atoms with Crippen molar-refractivity contribution in [3.05, 3.63) is 83.9 Å². The van der Waals surface area contributed by atoms with Crippen molar-refractivity contribution in [3.8, 4) is 11.3 Å². The van der Waals surface area contributed by atoms with Gasteiger partial charge in [0.05, 0.1) is 0 Å². The van der Waals surface area contributed by atoms with Gasteiger partial charge in [-0.3, -0.25) is 0 Å².